The van der Waals surface area contributed by atoms with E-state index in [2.05, 4.69) is 58.9 Å². The molecule has 0 spiro atoms. The zero-order valence-electron chi connectivity index (χ0n) is 22.0. The Balaban J connectivity index is 1.46. The number of epoxide rings is 1. The zero-order valence-corrected chi connectivity index (χ0v) is 22.0. The standard InChI is InChI=1S/C32H42O2/c1-22(2)12-9-13-23(3)14-10-15-24(4)16-11-17-25(5)20-21-27-26(6)30(33)28-18-7-8-19-29(28)32-31(27)34-32/h7-8,12,14,16,18-20,31-32H,9-11,13,15,17,21H2,1-6H3/b23-14+,24-16+,25-20+. The van der Waals surface area contributed by atoms with Gasteiger partial charge in [0.1, 0.15) is 12.2 Å². The van der Waals surface area contributed by atoms with Gasteiger partial charge in [0.15, 0.2) is 5.78 Å². The van der Waals surface area contributed by atoms with Crippen molar-refractivity contribution in [1.82, 2.24) is 0 Å². The first-order valence-electron chi connectivity index (χ1n) is 12.9. The van der Waals surface area contributed by atoms with E-state index in [0.29, 0.717) is 0 Å². The molecule has 182 valence electrons. The molecule has 3 rings (SSSR count). The third-order valence-corrected chi connectivity index (χ3v) is 6.99. The van der Waals surface area contributed by atoms with Crippen LogP contribution >= 0.6 is 0 Å². The maximum absolute atomic E-state index is 13.0. The molecular formula is C32H42O2. The van der Waals surface area contributed by atoms with Crippen molar-refractivity contribution in [1.29, 1.82) is 0 Å². The number of hydrogen-bond donors (Lipinski definition) is 0. The summed E-state index contributed by atoms with van der Waals surface area (Å²) in [6.45, 7) is 13.0. The Labute approximate surface area is 207 Å². The van der Waals surface area contributed by atoms with Gasteiger partial charge in [-0.1, -0.05) is 70.9 Å². The number of rotatable bonds is 11. The lowest BCUT2D eigenvalue weighted by Gasteiger charge is -2.08. The first kappa shape index (κ1) is 26.2. The molecule has 1 heterocycles. The minimum Gasteiger partial charge on any atom is -0.360 e. The average molecular weight is 459 g/mol. The minimum atomic E-state index is 0.0526. The highest BCUT2D eigenvalue weighted by atomic mass is 16.6. The highest BCUT2D eigenvalue weighted by molar-refractivity contribution is 6.10. The molecule has 1 aliphatic carbocycles. The van der Waals surface area contributed by atoms with E-state index >= 15 is 0 Å². The number of ether oxygens (including phenoxy) is 1. The molecule has 0 amide bonds. The number of fused-ring (bicyclic) bond motifs is 3. The Hall–Kier alpha value is -2.45. The largest absolute Gasteiger partial charge is 0.360 e. The van der Waals surface area contributed by atoms with Crippen LogP contribution in [-0.2, 0) is 4.74 Å². The molecular weight excluding hydrogens is 416 g/mol. The lowest BCUT2D eigenvalue weighted by Crippen LogP contribution is -2.06. The van der Waals surface area contributed by atoms with E-state index in [1.54, 1.807) is 0 Å². The van der Waals surface area contributed by atoms with Gasteiger partial charge in [-0.05, 0) is 103 Å². The van der Waals surface area contributed by atoms with Crippen LogP contribution in [0.5, 0.6) is 0 Å². The lowest BCUT2D eigenvalue weighted by atomic mass is 9.97. The maximum atomic E-state index is 13.0. The summed E-state index contributed by atoms with van der Waals surface area (Å²) < 4.78 is 5.99. The molecule has 2 aliphatic rings. The van der Waals surface area contributed by atoms with Crippen LogP contribution in [0.1, 0.15) is 109 Å². The Morgan fingerprint density at radius 2 is 1.35 bits per heavy atom. The SMILES string of the molecule is CC(C)=CCC/C(C)=C/CC/C(C)=C/CC/C(C)=C/CC1=C(C)C(=O)c2ccccc2C2OC12. The van der Waals surface area contributed by atoms with E-state index in [0.717, 1.165) is 67.2 Å². The van der Waals surface area contributed by atoms with Gasteiger partial charge in [-0.3, -0.25) is 4.79 Å². The van der Waals surface area contributed by atoms with Crippen molar-refractivity contribution >= 4 is 5.78 Å². The third kappa shape index (κ3) is 7.27. The molecule has 2 atom stereocenters. The van der Waals surface area contributed by atoms with E-state index < -0.39 is 0 Å². The molecule has 0 bridgehead atoms. The summed E-state index contributed by atoms with van der Waals surface area (Å²) in [6, 6.07) is 7.90. The topological polar surface area (TPSA) is 29.6 Å². The van der Waals surface area contributed by atoms with Gasteiger partial charge in [-0.15, -0.1) is 0 Å². The molecule has 0 aromatic heterocycles. The highest BCUT2D eigenvalue weighted by Gasteiger charge is 2.47. The van der Waals surface area contributed by atoms with E-state index in [-0.39, 0.29) is 18.0 Å². The normalized spacial score (nSPS) is 20.6. The predicted molar refractivity (Wildman–Crippen MR) is 144 cm³/mol. The molecule has 2 nitrogen and oxygen atoms in total. The monoisotopic (exact) mass is 458 g/mol. The first-order chi connectivity index (χ1) is 16.3. The zero-order chi connectivity index (χ0) is 24.7. The molecule has 1 saturated heterocycles. The second-order valence-electron chi connectivity index (χ2n) is 10.3. The molecule has 2 heteroatoms. The van der Waals surface area contributed by atoms with E-state index in [4.69, 9.17) is 4.74 Å². The lowest BCUT2D eigenvalue weighted by molar-refractivity contribution is 0.103. The first-order valence-corrected chi connectivity index (χ1v) is 12.9. The Bertz CT molecular complexity index is 1040. The van der Waals surface area contributed by atoms with Crippen LogP contribution < -0.4 is 0 Å². The molecule has 1 aromatic rings. The maximum Gasteiger partial charge on any atom is 0.189 e. The van der Waals surface area contributed by atoms with Crippen molar-refractivity contribution in [3.63, 3.8) is 0 Å². The summed E-state index contributed by atoms with van der Waals surface area (Å²) in [5.41, 5.74) is 9.63. The second kappa shape index (κ2) is 12.3. The smallest absolute Gasteiger partial charge is 0.189 e. The molecule has 1 aliphatic heterocycles. The van der Waals surface area contributed by atoms with Crippen LogP contribution in [0, 0.1) is 0 Å². The number of carbonyl (C=O) groups is 1. The molecule has 0 radical (unpaired) electrons. The molecule has 0 N–H and O–H groups in total. The molecule has 1 fully saturated rings. The molecule has 1 aromatic carbocycles. The van der Waals surface area contributed by atoms with Crippen LogP contribution in [0.25, 0.3) is 0 Å². The van der Waals surface area contributed by atoms with E-state index in [9.17, 15) is 4.79 Å². The summed E-state index contributed by atoms with van der Waals surface area (Å²) >= 11 is 0. The van der Waals surface area contributed by atoms with Gasteiger partial charge in [-0.25, -0.2) is 0 Å². The average Bonchev–Trinajstić information content (AvgIpc) is 3.59. The van der Waals surface area contributed by atoms with Crippen LogP contribution in [0.4, 0.5) is 0 Å². The number of allylic oxidation sites excluding steroid dienone is 9. The molecule has 0 saturated carbocycles. The highest BCUT2D eigenvalue weighted by Crippen LogP contribution is 2.49. The fraction of sp³-hybridized carbons (Fsp3) is 0.469. The van der Waals surface area contributed by atoms with Gasteiger partial charge >= 0.3 is 0 Å². The number of carbonyl (C=O) groups excluding carboxylic acids is 1. The molecule has 34 heavy (non-hydrogen) atoms. The van der Waals surface area contributed by atoms with Crippen molar-refractivity contribution in [2.45, 2.75) is 98.7 Å². The fourth-order valence-corrected chi connectivity index (χ4v) is 4.67. The predicted octanol–water partition coefficient (Wildman–Crippen LogP) is 9.18. The Morgan fingerprint density at radius 3 is 1.97 bits per heavy atom. The summed E-state index contributed by atoms with van der Waals surface area (Å²) in [6.07, 6.45) is 17.0. The van der Waals surface area contributed by atoms with Crippen LogP contribution in [0.3, 0.4) is 0 Å². The van der Waals surface area contributed by atoms with Gasteiger partial charge in [0.05, 0.1) is 0 Å². The van der Waals surface area contributed by atoms with Crippen molar-refractivity contribution in [2.75, 3.05) is 0 Å². The Kier molecular flexibility index (Phi) is 9.47. The quantitative estimate of drug-likeness (QED) is 0.244. The minimum absolute atomic E-state index is 0.0526. The Morgan fingerprint density at radius 1 is 0.794 bits per heavy atom. The van der Waals surface area contributed by atoms with Gasteiger partial charge in [0, 0.05) is 5.56 Å². The number of ketones is 1. The van der Waals surface area contributed by atoms with Crippen LogP contribution in [-0.4, -0.2) is 11.9 Å². The van der Waals surface area contributed by atoms with Crippen LogP contribution in [0.15, 0.2) is 82.0 Å². The summed E-state index contributed by atoms with van der Waals surface area (Å²) in [4.78, 5) is 13.0. The summed E-state index contributed by atoms with van der Waals surface area (Å²) in [5.74, 6) is 0.159. The van der Waals surface area contributed by atoms with Crippen molar-refractivity contribution < 1.29 is 9.53 Å². The van der Waals surface area contributed by atoms with Gasteiger partial charge in [0.25, 0.3) is 0 Å². The van der Waals surface area contributed by atoms with Crippen molar-refractivity contribution in [3.8, 4) is 0 Å². The summed E-state index contributed by atoms with van der Waals surface area (Å²) in [5, 5.41) is 0. The third-order valence-electron chi connectivity index (χ3n) is 6.99. The van der Waals surface area contributed by atoms with Crippen molar-refractivity contribution in [3.05, 3.63) is 93.1 Å². The number of Topliss-reactive ketones (excluding diaryl/α,β-unsaturated/α-hetero) is 1. The van der Waals surface area contributed by atoms with Crippen molar-refractivity contribution in [2.24, 2.45) is 0 Å². The number of benzene rings is 1. The van der Waals surface area contributed by atoms with E-state index in [1.807, 2.05) is 31.2 Å². The second-order valence-corrected chi connectivity index (χ2v) is 10.3. The van der Waals surface area contributed by atoms with Gasteiger partial charge < -0.3 is 4.74 Å². The summed E-state index contributed by atoms with van der Waals surface area (Å²) in [7, 11) is 0. The van der Waals surface area contributed by atoms with Gasteiger partial charge in [-0.2, -0.15) is 0 Å². The van der Waals surface area contributed by atoms with E-state index in [1.165, 1.54) is 22.3 Å². The molecule has 2 unspecified atom stereocenters. The van der Waals surface area contributed by atoms with Gasteiger partial charge in [0.2, 0.25) is 0 Å². The fourth-order valence-electron chi connectivity index (χ4n) is 4.67. The van der Waals surface area contributed by atoms with Crippen LogP contribution in [0.2, 0.25) is 0 Å². The number of hydrogen-bond acceptors (Lipinski definition) is 2.